The molecule has 0 radical (unpaired) electrons. The van der Waals surface area contributed by atoms with Gasteiger partial charge in [-0.1, -0.05) is 18.2 Å². The topological polar surface area (TPSA) is 59.8 Å². The number of rotatable bonds is 6. The van der Waals surface area contributed by atoms with Gasteiger partial charge in [0.25, 0.3) is 5.91 Å². The molecule has 1 amide bonds. The molecule has 140 valence electrons. The molecule has 1 aliphatic rings. The van der Waals surface area contributed by atoms with Crippen LogP contribution in [0.3, 0.4) is 0 Å². The van der Waals surface area contributed by atoms with Gasteiger partial charge in [0.15, 0.2) is 5.65 Å². The van der Waals surface area contributed by atoms with Crippen LogP contribution in [0.5, 0.6) is 0 Å². The Kier molecular flexibility index (Phi) is 4.64. The van der Waals surface area contributed by atoms with Gasteiger partial charge in [0.1, 0.15) is 5.82 Å². The highest BCUT2D eigenvalue weighted by molar-refractivity contribution is 6.05. The number of benzene rings is 1. The number of pyridine rings is 1. The molecule has 4 rings (SSSR count). The van der Waals surface area contributed by atoms with Gasteiger partial charge in [-0.3, -0.25) is 4.79 Å². The van der Waals surface area contributed by atoms with Crippen molar-refractivity contribution >= 4 is 16.9 Å². The summed E-state index contributed by atoms with van der Waals surface area (Å²) in [7, 11) is 0. The van der Waals surface area contributed by atoms with Gasteiger partial charge in [0.05, 0.1) is 17.1 Å². The van der Waals surface area contributed by atoms with Crippen LogP contribution in [-0.4, -0.2) is 27.2 Å². The second kappa shape index (κ2) is 7.10. The average molecular weight is 366 g/mol. The van der Waals surface area contributed by atoms with Crippen LogP contribution in [0, 0.1) is 5.82 Å². The molecule has 3 aromatic rings. The molecule has 0 spiro atoms. The second-order valence-electron chi connectivity index (χ2n) is 7.39. The Bertz CT molecular complexity index is 991. The van der Waals surface area contributed by atoms with Crippen molar-refractivity contribution in [3.05, 3.63) is 59.2 Å². The number of halogens is 1. The molecule has 27 heavy (non-hydrogen) atoms. The highest BCUT2D eigenvalue weighted by Crippen LogP contribution is 2.40. The lowest BCUT2D eigenvalue weighted by Crippen LogP contribution is -2.26. The molecular weight excluding hydrogens is 343 g/mol. The van der Waals surface area contributed by atoms with Gasteiger partial charge >= 0.3 is 0 Å². The van der Waals surface area contributed by atoms with E-state index in [2.05, 4.69) is 10.4 Å². The van der Waals surface area contributed by atoms with Crippen LogP contribution < -0.4 is 5.32 Å². The minimum Gasteiger partial charge on any atom is -0.352 e. The molecule has 0 unspecified atom stereocenters. The van der Waals surface area contributed by atoms with Crippen molar-refractivity contribution in [3.63, 3.8) is 0 Å². The fourth-order valence-electron chi connectivity index (χ4n) is 3.30. The molecule has 2 aromatic heterocycles. The van der Waals surface area contributed by atoms with Crippen LogP contribution in [0.15, 0.2) is 36.5 Å². The molecule has 0 bridgehead atoms. The molecule has 5 nitrogen and oxygen atoms in total. The van der Waals surface area contributed by atoms with E-state index in [-0.39, 0.29) is 17.8 Å². The molecular formula is C21H23FN4O. The molecule has 1 aliphatic carbocycles. The Morgan fingerprint density at radius 2 is 2.11 bits per heavy atom. The molecule has 1 saturated carbocycles. The number of hydrogen-bond donors (Lipinski definition) is 1. The minimum absolute atomic E-state index is 0.163. The number of aromatic nitrogens is 3. The summed E-state index contributed by atoms with van der Waals surface area (Å²) < 4.78 is 15.6. The second-order valence-corrected chi connectivity index (χ2v) is 7.39. The van der Waals surface area contributed by atoms with E-state index in [9.17, 15) is 9.18 Å². The average Bonchev–Trinajstić information content (AvgIpc) is 3.41. The summed E-state index contributed by atoms with van der Waals surface area (Å²) in [5.74, 6) is 0.0334. The highest BCUT2D eigenvalue weighted by atomic mass is 19.1. The summed E-state index contributed by atoms with van der Waals surface area (Å²) in [4.78, 5) is 17.6. The largest absolute Gasteiger partial charge is 0.352 e. The van der Waals surface area contributed by atoms with Gasteiger partial charge in [0, 0.05) is 24.2 Å². The first-order valence-electron chi connectivity index (χ1n) is 9.44. The standard InChI is InChI=1S/C21H23FN4O/c1-13(2)26-20-17(12-24-26)16(11-19(25-20)15-7-8-15)21(27)23-10-9-14-5-3-4-6-18(14)22/h3-6,11-13,15H,7-10H2,1-2H3,(H,23,27). The van der Waals surface area contributed by atoms with E-state index < -0.39 is 0 Å². The number of nitrogens with one attached hydrogen (secondary N) is 1. The van der Waals surface area contributed by atoms with Crippen LogP contribution in [0.2, 0.25) is 0 Å². The monoisotopic (exact) mass is 366 g/mol. The number of carbonyl (C=O) groups is 1. The maximum Gasteiger partial charge on any atom is 0.252 e. The van der Waals surface area contributed by atoms with Gasteiger partial charge in [-0.05, 0) is 50.8 Å². The van der Waals surface area contributed by atoms with Crippen LogP contribution in [0.25, 0.3) is 11.0 Å². The van der Waals surface area contributed by atoms with Gasteiger partial charge in [-0.15, -0.1) is 0 Å². The predicted molar refractivity (Wildman–Crippen MR) is 102 cm³/mol. The third-order valence-corrected chi connectivity index (χ3v) is 4.95. The number of amides is 1. The van der Waals surface area contributed by atoms with E-state index in [4.69, 9.17) is 4.98 Å². The maximum atomic E-state index is 13.7. The first-order valence-corrected chi connectivity index (χ1v) is 9.44. The minimum atomic E-state index is -0.243. The molecule has 0 aliphatic heterocycles. The quantitative estimate of drug-likeness (QED) is 0.717. The van der Waals surface area contributed by atoms with E-state index in [0.717, 1.165) is 29.6 Å². The van der Waals surface area contributed by atoms with Crippen molar-refractivity contribution in [2.75, 3.05) is 6.54 Å². The van der Waals surface area contributed by atoms with Gasteiger partial charge < -0.3 is 5.32 Å². The smallest absolute Gasteiger partial charge is 0.252 e. The summed E-state index contributed by atoms with van der Waals surface area (Å²) >= 11 is 0. The molecule has 1 N–H and O–H groups in total. The van der Waals surface area contributed by atoms with E-state index >= 15 is 0 Å². The molecule has 6 heteroatoms. The lowest BCUT2D eigenvalue weighted by molar-refractivity contribution is 0.0955. The zero-order valence-corrected chi connectivity index (χ0v) is 15.6. The van der Waals surface area contributed by atoms with Gasteiger partial charge in [0.2, 0.25) is 0 Å². The molecule has 1 aromatic carbocycles. The Hall–Kier alpha value is -2.76. The molecule has 1 fully saturated rings. The SMILES string of the molecule is CC(C)n1ncc2c(C(=O)NCCc3ccccc3F)cc(C3CC3)nc21. The van der Waals surface area contributed by atoms with Crippen LogP contribution in [0.1, 0.15) is 60.3 Å². The van der Waals surface area contributed by atoms with E-state index in [0.29, 0.717) is 30.0 Å². The number of nitrogens with zero attached hydrogens (tertiary/aromatic N) is 3. The fraction of sp³-hybridized carbons (Fsp3) is 0.381. The zero-order chi connectivity index (χ0) is 19.0. The van der Waals surface area contributed by atoms with Gasteiger partial charge in [-0.2, -0.15) is 5.10 Å². The summed E-state index contributed by atoms with van der Waals surface area (Å²) in [5, 5.41) is 8.10. The fourth-order valence-corrected chi connectivity index (χ4v) is 3.30. The van der Waals surface area contributed by atoms with Crippen LogP contribution in [0.4, 0.5) is 4.39 Å². The highest BCUT2D eigenvalue weighted by Gasteiger charge is 2.28. The number of carbonyl (C=O) groups excluding carboxylic acids is 1. The number of fused-ring (bicyclic) bond motifs is 1. The van der Waals surface area contributed by atoms with Crippen molar-refractivity contribution in [1.29, 1.82) is 0 Å². The van der Waals surface area contributed by atoms with Crippen LogP contribution >= 0.6 is 0 Å². The van der Waals surface area contributed by atoms with Crippen molar-refractivity contribution in [1.82, 2.24) is 20.1 Å². The molecule has 2 heterocycles. The van der Waals surface area contributed by atoms with Crippen molar-refractivity contribution in [2.45, 2.75) is 45.1 Å². The summed E-state index contributed by atoms with van der Waals surface area (Å²) in [6, 6.07) is 8.70. The Morgan fingerprint density at radius 3 is 2.81 bits per heavy atom. The van der Waals surface area contributed by atoms with Crippen molar-refractivity contribution in [3.8, 4) is 0 Å². The maximum absolute atomic E-state index is 13.7. The Morgan fingerprint density at radius 1 is 1.33 bits per heavy atom. The van der Waals surface area contributed by atoms with E-state index in [1.807, 2.05) is 24.6 Å². The summed E-state index contributed by atoms with van der Waals surface area (Å²) in [5.41, 5.74) is 2.92. The normalized spacial score (nSPS) is 14.1. The van der Waals surface area contributed by atoms with Crippen molar-refractivity contribution in [2.24, 2.45) is 0 Å². The third-order valence-electron chi connectivity index (χ3n) is 4.95. The molecule has 0 saturated heterocycles. The first kappa shape index (κ1) is 17.6. The lowest BCUT2D eigenvalue weighted by Gasteiger charge is -2.11. The predicted octanol–water partition coefficient (Wildman–Crippen LogP) is 4.00. The van der Waals surface area contributed by atoms with Crippen LogP contribution in [-0.2, 0) is 6.42 Å². The zero-order valence-electron chi connectivity index (χ0n) is 15.6. The molecule has 0 atom stereocenters. The lowest BCUT2D eigenvalue weighted by atomic mass is 10.1. The summed E-state index contributed by atoms with van der Waals surface area (Å²) in [6.45, 7) is 4.47. The van der Waals surface area contributed by atoms with Crippen molar-refractivity contribution < 1.29 is 9.18 Å². The van der Waals surface area contributed by atoms with E-state index in [1.54, 1.807) is 24.4 Å². The van der Waals surface area contributed by atoms with Gasteiger partial charge in [-0.25, -0.2) is 14.1 Å². The summed E-state index contributed by atoms with van der Waals surface area (Å²) in [6.07, 6.45) is 4.39. The number of hydrogen-bond acceptors (Lipinski definition) is 3. The third kappa shape index (κ3) is 3.56. The van der Waals surface area contributed by atoms with E-state index in [1.165, 1.54) is 6.07 Å². The Labute approximate surface area is 157 Å². The Balaban J connectivity index is 1.58. The first-order chi connectivity index (χ1) is 13.0.